The van der Waals surface area contributed by atoms with E-state index in [2.05, 4.69) is 35.2 Å². The average molecular weight is 495 g/mol. The van der Waals surface area contributed by atoms with E-state index in [1.54, 1.807) is 0 Å². The molecule has 36 heavy (non-hydrogen) atoms. The van der Waals surface area contributed by atoms with E-state index in [1.165, 1.54) is 5.56 Å². The van der Waals surface area contributed by atoms with E-state index in [0.717, 1.165) is 49.3 Å². The first-order chi connectivity index (χ1) is 17.7. The number of benzene rings is 4. The van der Waals surface area contributed by atoms with E-state index in [-0.39, 0.29) is 11.9 Å². The van der Waals surface area contributed by atoms with Gasteiger partial charge < -0.3 is 4.90 Å². The minimum Gasteiger partial charge on any atom is -0.307 e. The number of likely N-dealkylation sites (tertiary alicyclic amines) is 1. The highest BCUT2D eigenvalue weighted by Gasteiger charge is 2.45. The van der Waals surface area contributed by atoms with Crippen molar-refractivity contribution < 1.29 is 4.79 Å². The maximum atomic E-state index is 14.6. The van der Waals surface area contributed by atoms with Gasteiger partial charge in [-0.3, -0.25) is 9.69 Å². The SMILES string of the molecule is O=C(N(c1ccccc1)C1CCN(Cc2ccccc2)CC1)C(Cl)(c1ccccc1)c1ccccc1. The largest absolute Gasteiger partial charge is 0.307 e. The molecule has 0 N–H and O–H groups in total. The first-order valence-corrected chi connectivity index (χ1v) is 13.0. The molecule has 3 nitrogen and oxygen atoms in total. The van der Waals surface area contributed by atoms with Gasteiger partial charge >= 0.3 is 0 Å². The summed E-state index contributed by atoms with van der Waals surface area (Å²) < 4.78 is 0. The second-order valence-corrected chi connectivity index (χ2v) is 9.96. The summed E-state index contributed by atoms with van der Waals surface area (Å²) in [4.78, 5) is 17.7. The van der Waals surface area contributed by atoms with E-state index in [1.807, 2.05) is 95.9 Å². The minimum atomic E-state index is -1.32. The molecular formula is C32H31ClN2O. The Kier molecular flexibility index (Phi) is 7.50. The van der Waals surface area contributed by atoms with Crippen LogP contribution in [-0.4, -0.2) is 29.9 Å². The third-order valence-corrected chi connectivity index (χ3v) is 7.66. The van der Waals surface area contributed by atoms with Crippen LogP contribution in [0.5, 0.6) is 0 Å². The highest BCUT2D eigenvalue weighted by atomic mass is 35.5. The molecule has 0 aliphatic carbocycles. The van der Waals surface area contributed by atoms with Gasteiger partial charge in [0.15, 0.2) is 4.87 Å². The molecule has 0 atom stereocenters. The van der Waals surface area contributed by atoms with Crippen molar-refractivity contribution in [1.82, 2.24) is 4.90 Å². The summed E-state index contributed by atoms with van der Waals surface area (Å²) in [5.74, 6) is -0.103. The Morgan fingerprint density at radius 2 is 1.17 bits per heavy atom. The molecule has 0 bridgehead atoms. The zero-order chi connectivity index (χ0) is 24.8. The number of amides is 1. The van der Waals surface area contributed by atoms with Crippen molar-refractivity contribution in [2.75, 3.05) is 18.0 Å². The topological polar surface area (TPSA) is 23.6 Å². The Labute approximate surface area is 219 Å². The molecule has 0 radical (unpaired) electrons. The van der Waals surface area contributed by atoms with Crippen LogP contribution in [-0.2, 0) is 16.2 Å². The molecule has 0 spiro atoms. The first kappa shape index (κ1) is 24.3. The lowest BCUT2D eigenvalue weighted by molar-refractivity contribution is -0.121. The number of nitrogens with zero attached hydrogens (tertiary/aromatic N) is 2. The minimum absolute atomic E-state index is 0.0671. The summed E-state index contributed by atoms with van der Waals surface area (Å²) in [5, 5.41) is 0. The van der Waals surface area contributed by atoms with Crippen LogP contribution in [0, 0.1) is 0 Å². The van der Waals surface area contributed by atoms with Gasteiger partial charge in [0.1, 0.15) is 0 Å². The number of carbonyl (C=O) groups is 1. The number of para-hydroxylation sites is 1. The van der Waals surface area contributed by atoms with Crippen LogP contribution in [0.25, 0.3) is 0 Å². The van der Waals surface area contributed by atoms with Crippen molar-refractivity contribution in [3.8, 4) is 0 Å². The third-order valence-electron chi connectivity index (χ3n) is 7.06. The van der Waals surface area contributed by atoms with Gasteiger partial charge in [-0.15, -0.1) is 0 Å². The van der Waals surface area contributed by atoms with Crippen LogP contribution in [0.4, 0.5) is 5.69 Å². The molecule has 1 aliphatic rings. The standard InChI is InChI=1S/C32H31ClN2O/c33-32(27-15-7-2-8-16-27,28-17-9-3-10-18-28)31(36)35(29-19-11-4-12-20-29)30-21-23-34(24-22-30)25-26-13-5-1-6-14-26/h1-20,30H,21-25H2. The smallest absolute Gasteiger partial charge is 0.257 e. The van der Waals surface area contributed by atoms with Crippen LogP contribution in [0.1, 0.15) is 29.5 Å². The molecule has 0 unspecified atom stereocenters. The number of anilines is 1. The lowest BCUT2D eigenvalue weighted by atomic mass is 9.87. The molecule has 1 saturated heterocycles. The van der Waals surface area contributed by atoms with Gasteiger partial charge in [-0.05, 0) is 41.7 Å². The molecule has 1 amide bonds. The predicted molar refractivity (Wildman–Crippen MR) is 148 cm³/mol. The van der Waals surface area contributed by atoms with Gasteiger partial charge in [-0.25, -0.2) is 0 Å². The fourth-order valence-corrected chi connectivity index (χ4v) is 5.52. The number of alkyl halides is 1. The highest BCUT2D eigenvalue weighted by molar-refractivity contribution is 6.39. The molecule has 1 aliphatic heterocycles. The summed E-state index contributed by atoms with van der Waals surface area (Å²) in [5.41, 5.74) is 3.77. The van der Waals surface area contributed by atoms with Crippen molar-refractivity contribution >= 4 is 23.2 Å². The Hall–Kier alpha value is -3.40. The van der Waals surface area contributed by atoms with Crippen LogP contribution >= 0.6 is 11.6 Å². The average Bonchev–Trinajstić information content (AvgIpc) is 2.96. The summed E-state index contributed by atoms with van der Waals surface area (Å²) in [6.07, 6.45) is 1.79. The molecule has 1 heterocycles. The fraction of sp³-hybridized carbons (Fsp3) is 0.219. The maximum absolute atomic E-state index is 14.6. The van der Waals surface area contributed by atoms with E-state index in [9.17, 15) is 4.79 Å². The fourth-order valence-electron chi connectivity index (χ4n) is 5.17. The molecule has 4 aromatic carbocycles. The van der Waals surface area contributed by atoms with Crippen molar-refractivity contribution in [2.24, 2.45) is 0 Å². The van der Waals surface area contributed by atoms with E-state index < -0.39 is 4.87 Å². The van der Waals surface area contributed by atoms with Gasteiger partial charge in [-0.1, -0.05) is 121 Å². The van der Waals surface area contributed by atoms with Crippen LogP contribution < -0.4 is 4.90 Å². The number of carbonyl (C=O) groups excluding carboxylic acids is 1. The van der Waals surface area contributed by atoms with E-state index >= 15 is 0 Å². The summed E-state index contributed by atoms with van der Waals surface area (Å²) in [6, 6.07) is 40.1. The maximum Gasteiger partial charge on any atom is 0.257 e. The highest BCUT2D eigenvalue weighted by Crippen LogP contribution is 2.41. The predicted octanol–water partition coefficient (Wildman–Crippen LogP) is 6.87. The Bertz CT molecular complexity index is 1200. The lowest BCUT2D eigenvalue weighted by Gasteiger charge is -2.42. The van der Waals surface area contributed by atoms with Crippen molar-refractivity contribution in [2.45, 2.75) is 30.3 Å². The lowest BCUT2D eigenvalue weighted by Crippen LogP contribution is -2.53. The van der Waals surface area contributed by atoms with Gasteiger partial charge in [0.2, 0.25) is 0 Å². The third kappa shape index (κ3) is 5.09. The van der Waals surface area contributed by atoms with Crippen molar-refractivity contribution in [3.05, 3.63) is 138 Å². The Morgan fingerprint density at radius 1 is 0.722 bits per heavy atom. The Balaban J connectivity index is 1.47. The van der Waals surface area contributed by atoms with Crippen molar-refractivity contribution in [3.63, 3.8) is 0 Å². The summed E-state index contributed by atoms with van der Waals surface area (Å²) >= 11 is 7.44. The number of hydrogen-bond donors (Lipinski definition) is 0. The molecule has 1 fully saturated rings. The molecule has 5 rings (SSSR count). The Morgan fingerprint density at radius 3 is 1.67 bits per heavy atom. The van der Waals surface area contributed by atoms with Crippen LogP contribution in [0.2, 0.25) is 0 Å². The second kappa shape index (κ2) is 11.1. The quantitative estimate of drug-likeness (QED) is 0.262. The van der Waals surface area contributed by atoms with Gasteiger partial charge in [0.05, 0.1) is 0 Å². The molecule has 0 aromatic heterocycles. The van der Waals surface area contributed by atoms with Gasteiger partial charge in [0, 0.05) is 31.4 Å². The zero-order valence-electron chi connectivity index (χ0n) is 20.3. The molecule has 0 saturated carbocycles. The number of hydrogen-bond acceptors (Lipinski definition) is 2. The van der Waals surface area contributed by atoms with Crippen LogP contribution in [0.3, 0.4) is 0 Å². The number of piperidine rings is 1. The molecule has 4 aromatic rings. The zero-order valence-corrected chi connectivity index (χ0v) is 21.1. The van der Waals surface area contributed by atoms with E-state index in [0.29, 0.717) is 0 Å². The van der Waals surface area contributed by atoms with Gasteiger partial charge in [-0.2, -0.15) is 0 Å². The number of halogens is 1. The molecule has 4 heteroatoms. The first-order valence-electron chi connectivity index (χ1n) is 12.6. The number of rotatable bonds is 7. The van der Waals surface area contributed by atoms with Crippen molar-refractivity contribution in [1.29, 1.82) is 0 Å². The van der Waals surface area contributed by atoms with Gasteiger partial charge in [0.25, 0.3) is 5.91 Å². The second-order valence-electron chi connectivity index (χ2n) is 9.39. The molecule has 182 valence electrons. The summed E-state index contributed by atoms with van der Waals surface area (Å²) in [7, 11) is 0. The summed E-state index contributed by atoms with van der Waals surface area (Å²) in [6.45, 7) is 2.80. The van der Waals surface area contributed by atoms with Crippen LogP contribution in [0.15, 0.2) is 121 Å². The van der Waals surface area contributed by atoms with E-state index in [4.69, 9.17) is 11.6 Å². The molecular weight excluding hydrogens is 464 g/mol. The monoisotopic (exact) mass is 494 g/mol. The normalized spacial score (nSPS) is 14.9.